The first kappa shape index (κ1) is 12.4. The summed E-state index contributed by atoms with van der Waals surface area (Å²) in [5.41, 5.74) is 1.98. The minimum absolute atomic E-state index is 0.0798. The molecule has 6 heteroatoms. The van der Waals surface area contributed by atoms with Crippen molar-refractivity contribution in [2.75, 3.05) is 12.0 Å². The van der Waals surface area contributed by atoms with Crippen LogP contribution in [0.15, 0.2) is 18.2 Å². The van der Waals surface area contributed by atoms with E-state index in [4.69, 9.17) is 10.6 Å². The summed E-state index contributed by atoms with van der Waals surface area (Å²) in [5.74, 6) is 4.44. The third kappa shape index (κ3) is 2.66. The van der Waals surface area contributed by atoms with Crippen LogP contribution in [-0.2, 0) is 4.74 Å². The molecule has 0 saturated carbocycles. The van der Waals surface area contributed by atoms with Crippen molar-refractivity contribution in [3.8, 4) is 0 Å². The minimum atomic E-state index is -2.71. The van der Waals surface area contributed by atoms with Gasteiger partial charge in [0.15, 0.2) is 0 Å². The number of hydrogen-bond donors (Lipinski definition) is 2. The fraction of sp³-hybridized carbons (Fsp3) is 0.300. The van der Waals surface area contributed by atoms with E-state index >= 15 is 0 Å². The Hall–Kier alpha value is -1.69. The maximum Gasteiger partial charge on any atom is 0.338 e. The second-order valence-electron chi connectivity index (χ2n) is 2.97. The molecule has 0 bridgehead atoms. The van der Waals surface area contributed by atoms with E-state index in [1.165, 1.54) is 12.1 Å². The quantitative estimate of drug-likeness (QED) is 0.472. The fourth-order valence-electron chi connectivity index (χ4n) is 1.22. The van der Waals surface area contributed by atoms with Gasteiger partial charge in [0.1, 0.15) is 0 Å². The molecular weight excluding hydrogens is 218 g/mol. The maximum absolute atomic E-state index is 12.6. The van der Waals surface area contributed by atoms with E-state index < -0.39 is 12.4 Å². The molecule has 0 amide bonds. The lowest BCUT2D eigenvalue weighted by atomic mass is 10.1. The number of benzene rings is 1. The number of nitrogen functional groups attached to an aromatic ring is 1. The molecule has 0 radical (unpaired) electrons. The number of hydrogen-bond acceptors (Lipinski definition) is 4. The molecule has 1 rings (SSSR count). The second kappa shape index (κ2) is 5.41. The monoisotopic (exact) mass is 230 g/mol. The first-order chi connectivity index (χ1) is 7.60. The van der Waals surface area contributed by atoms with Crippen LogP contribution in [0.3, 0.4) is 0 Å². The Labute approximate surface area is 91.4 Å². The van der Waals surface area contributed by atoms with Crippen LogP contribution in [0.2, 0.25) is 0 Å². The van der Waals surface area contributed by atoms with Crippen LogP contribution in [0, 0.1) is 0 Å². The topological polar surface area (TPSA) is 64.3 Å². The van der Waals surface area contributed by atoms with Crippen LogP contribution >= 0.6 is 0 Å². The molecule has 0 aliphatic carbocycles. The first-order valence-electron chi connectivity index (χ1n) is 4.66. The van der Waals surface area contributed by atoms with Crippen molar-refractivity contribution in [3.63, 3.8) is 0 Å². The number of nitrogens with one attached hydrogen (secondary N) is 1. The van der Waals surface area contributed by atoms with E-state index in [-0.39, 0.29) is 23.4 Å². The van der Waals surface area contributed by atoms with Crippen molar-refractivity contribution in [2.45, 2.75) is 13.3 Å². The Kier molecular flexibility index (Phi) is 4.19. The SMILES string of the molecule is CCOC(=O)c1ccc(NN)c(C(F)F)c1. The highest BCUT2D eigenvalue weighted by atomic mass is 19.3. The Bertz CT molecular complexity index is 383. The highest BCUT2D eigenvalue weighted by Gasteiger charge is 2.16. The highest BCUT2D eigenvalue weighted by molar-refractivity contribution is 5.90. The number of halogens is 2. The molecule has 0 fully saturated rings. The summed E-state index contributed by atoms with van der Waals surface area (Å²) in [6.07, 6.45) is -2.71. The summed E-state index contributed by atoms with van der Waals surface area (Å²) in [4.78, 5) is 11.3. The van der Waals surface area contributed by atoms with Gasteiger partial charge in [-0.3, -0.25) is 5.84 Å². The number of carbonyl (C=O) groups is 1. The molecule has 3 N–H and O–H groups in total. The van der Waals surface area contributed by atoms with Crippen molar-refractivity contribution < 1.29 is 18.3 Å². The van der Waals surface area contributed by atoms with E-state index in [0.717, 1.165) is 6.07 Å². The number of esters is 1. The Balaban J connectivity index is 3.06. The second-order valence-corrected chi connectivity index (χ2v) is 2.97. The molecule has 88 valence electrons. The lowest BCUT2D eigenvalue weighted by molar-refractivity contribution is 0.0526. The van der Waals surface area contributed by atoms with Gasteiger partial charge in [-0.25, -0.2) is 13.6 Å². The molecule has 1 aromatic rings. The van der Waals surface area contributed by atoms with E-state index in [0.29, 0.717) is 0 Å². The van der Waals surface area contributed by atoms with Gasteiger partial charge in [0, 0.05) is 5.56 Å². The maximum atomic E-state index is 12.6. The molecule has 0 heterocycles. The number of alkyl halides is 2. The van der Waals surface area contributed by atoms with Gasteiger partial charge >= 0.3 is 5.97 Å². The molecule has 1 aromatic carbocycles. The van der Waals surface area contributed by atoms with Crippen molar-refractivity contribution in [1.82, 2.24) is 0 Å². The minimum Gasteiger partial charge on any atom is -0.462 e. The van der Waals surface area contributed by atoms with E-state index in [1.54, 1.807) is 6.92 Å². The molecule has 0 saturated heterocycles. The van der Waals surface area contributed by atoms with Crippen LogP contribution in [0.5, 0.6) is 0 Å². The van der Waals surface area contributed by atoms with E-state index in [9.17, 15) is 13.6 Å². The van der Waals surface area contributed by atoms with Crippen LogP contribution in [0.1, 0.15) is 29.3 Å². The predicted molar refractivity (Wildman–Crippen MR) is 55.2 cm³/mol. The Morgan fingerprint density at radius 1 is 1.56 bits per heavy atom. The standard InChI is InChI=1S/C10H12F2N2O2/c1-2-16-10(15)6-3-4-8(14-13)7(5-6)9(11)12/h3-5,9,14H,2,13H2,1H3. The van der Waals surface area contributed by atoms with Crippen molar-refractivity contribution in [3.05, 3.63) is 29.3 Å². The van der Waals surface area contributed by atoms with Crippen molar-refractivity contribution in [1.29, 1.82) is 0 Å². The van der Waals surface area contributed by atoms with Gasteiger partial charge in [0.25, 0.3) is 6.43 Å². The van der Waals surface area contributed by atoms with Gasteiger partial charge in [0.2, 0.25) is 0 Å². The summed E-state index contributed by atoms with van der Waals surface area (Å²) in [5, 5.41) is 0. The molecule has 0 aromatic heterocycles. The van der Waals surface area contributed by atoms with Gasteiger partial charge in [-0.1, -0.05) is 0 Å². The predicted octanol–water partition coefficient (Wildman–Crippen LogP) is 2.09. The number of carbonyl (C=O) groups excluding carboxylic acids is 1. The zero-order valence-corrected chi connectivity index (χ0v) is 8.67. The average molecular weight is 230 g/mol. The fourth-order valence-corrected chi connectivity index (χ4v) is 1.22. The number of nitrogens with two attached hydrogens (primary N) is 1. The molecule has 0 aliphatic heterocycles. The normalized spacial score (nSPS) is 10.3. The molecule has 16 heavy (non-hydrogen) atoms. The summed E-state index contributed by atoms with van der Waals surface area (Å²) in [6, 6.07) is 3.75. The Morgan fingerprint density at radius 2 is 2.25 bits per heavy atom. The first-order valence-corrected chi connectivity index (χ1v) is 4.66. The number of rotatable bonds is 4. The summed E-state index contributed by atoms with van der Waals surface area (Å²) < 4.78 is 29.9. The van der Waals surface area contributed by atoms with Gasteiger partial charge in [0.05, 0.1) is 17.9 Å². The number of ether oxygens (including phenoxy) is 1. The Morgan fingerprint density at radius 3 is 2.75 bits per heavy atom. The molecule has 0 aliphatic rings. The summed E-state index contributed by atoms with van der Waals surface area (Å²) in [6.45, 7) is 1.83. The average Bonchev–Trinajstić information content (AvgIpc) is 2.28. The van der Waals surface area contributed by atoms with E-state index in [1.807, 2.05) is 0 Å². The molecule has 0 spiro atoms. The molecular formula is C10H12F2N2O2. The van der Waals surface area contributed by atoms with Crippen LogP contribution in [-0.4, -0.2) is 12.6 Å². The molecule has 4 nitrogen and oxygen atoms in total. The molecule has 0 unspecified atom stereocenters. The van der Waals surface area contributed by atoms with Gasteiger partial charge in [-0.05, 0) is 25.1 Å². The highest BCUT2D eigenvalue weighted by Crippen LogP contribution is 2.27. The van der Waals surface area contributed by atoms with Gasteiger partial charge in [-0.2, -0.15) is 0 Å². The lowest BCUT2D eigenvalue weighted by Gasteiger charge is -2.09. The van der Waals surface area contributed by atoms with Crippen molar-refractivity contribution in [2.24, 2.45) is 5.84 Å². The smallest absolute Gasteiger partial charge is 0.338 e. The summed E-state index contributed by atoms with van der Waals surface area (Å²) in [7, 11) is 0. The summed E-state index contributed by atoms with van der Waals surface area (Å²) >= 11 is 0. The number of anilines is 1. The van der Waals surface area contributed by atoms with Crippen LogP contribution in [0.25, 0.3) is 0 Å². The van der Waals surface area contributed by atoms with Crippen LogP contribution in [0.4, 0.5) is 14.5 Å². The van der Waals surface area contributed by atoms with E-state index in [2.05, 4.69) is 5.43 Å². The van der Waals surface area contributed by atoms with Gasteiger partial charge < -0.3 is 10.2 Å². The van der Waals surface area contributed by atoms with Crippen LogP contribution < -0.4 is 11.3 Å². The number of hydrazine groups is 1. The largest absolute Gasteiger partial charge is 0.462 e. The zero-order chi connectivity index (χ0) is 12.1. The molecule has 0 atom stereocenters. The van der Waals surface area contributed by atoms with Crippen molar-refractivity contribution >= 4 is 11.7 Å². The van der Waals surface area contributed by atoms with Gasteiger partial charge in [-0.15, -0.1) is 0 Å². The third-order valence-electron chi connectivity index (χ3n) is 1.95. The third-order valence-corrected chi connectivity index (χ3v) is 1.95. The zero-order valence-electron chi connectivity index (χ0n) is 8.67. The lowest BCUT2D eigenvalue weighted by Crippen LogP contribution is -2.11.